The van der Waals surface area contributed by atoms with Gasteiger partial charge in [0.15, 0.2) is 5.11 Å². The quantitative estimate of drug-likeness (QED) is 0.630. The molecular formula is C21H23ClN6S. The fourth-order valence-electron chi connectivity index (χ4n) is 3.40. The molecular weight excluding hydrogens is 404 g/mol. The summed E-state index contributed by atoms with van der Waals surface area (Å²) in [5, 5.41) is 9.21. The molecule has 1 saturated heterocycles. The summed E-state index contributed by atoms with van der Waals surface area (Å²) in [7, 11) is 0. The number of hydrogen-bond acceptors (Lipinski definition) is 4. The van der Waals surface area contributed by atoms with Crippen LogP contribution in [0.4, 0.5) is 5.69 Å². The molecule has 1 fully saturated rings. The van der Waals surface area contributed by atoms with Gasteiger partial charge in [-0.25, -0.2) is 0 Å². The fourth-order valence-corrected chi connectivity index (χ4v) is 3.91. The Balaban J connectivity index is 1.26. The first kappa shape index (κ1) is 19.8. The van der Waals surface area contributed by atoms with E-state index in [4.69, 9.17) is 23.8 Å². The van der Waals surface area contributed by atoms with Gasteiger partial charge in [0.2, 0.25) is 0 Å². The van der Waals surface area contributed by atoms with Crippen LogP contribution < -0.4 is 5.32 Å². The number of thiocarbonyl (C=S) groups is 1. The topological polar surface area (TPSA) is 49.2 Å². The standard InChI is InChI=1S/C21H23ClN6S/c22-19-5-1-3-17(11-19)15-28-16-20(13-24-28)25-21(29)27-9-7-26(8-10-27)14-18-4-2-6-23-12-18/h1-6,11-13,16H,7-10,14-15H2,(H,25,29). The van der Waals surface area contributed by atoms with Crippen LogP contribution in [-0.4, -0.2) is 55.9 Å². The molecule has 150 valence electrons. The van der Waals surface area contributed by atoms with Gasteiger partial charge in [-0.05, 0) is 41.5 Å². The second kappa shape index (κ2) is 9.35. The van der Waals surface area contributed by atoms with Crippen LogP contribution in [0.3, 0.4) is 0 Å². The third kappa shape index (κ3) is 5.53. The van der Waals surface area contributed by atoms with Gasteiger partial charge in [0, 0.05) is 56.3 Å². The van der Waals surface area contributed by atoms with E-state index in [-0.39, 0.29) is 0 Å². The predicted molar refractivity (Wildman–Crippen MR) is 120 cm³/mol. The number of piperazine rings is 1. The zero-order valence-electron chi connectivity index (χ0n) is 16.0. The lowest BCUT2D eigenvalue weighted by molar-refractivity contribution is 0.177. The third-order valence-corrected chi connectivity index (χ3v) is 5.50. The Morgan fingerprint density at radius 1 is 1.03 bits per heavy atom. The van der Waals surface area contributed by atoms with Crippen molar-refractivity contribution in [1.82, 2.24) is 24.6 Å². The largest absolute Gasteiger partial charge is 0.346 e. The van der Waals surface area contributed by atoms with Crippen molar-refractivity contribution >= 4 is 34.6 Å². The SMILES string of the molecule is S=C(Nc1cnn(Cc2cccc(Cl)c2)c1)N1CCN(Cc2cccnc2)CC1. The van der Waals surface area contributed by atoms with Crippen molar-refractivity contribution in [3.8, 4) is 0 Å². The number of nitrogens with one attached hydrogen (secondary N) is 1. The molecule has 1 aliphatic rings. The molecule has 1 aliphatic heterocycles. The van der Waals surface area contributed by atoms with Crippen LogP contribution >= 0.6 is 23.8 Å². The molecule has 0 amide bonds. The lowest BCUT2D eigenvalue weighted by atomic mass is 10.2. The van der Waals surface area contributed by atoms with Crippen LogP contribution in [0, 0.1) is 0 Å². The first-order chi connectivity index (χ1) is 14.2. The Hall–Kier alpha value is -2.48. The van der Waals surface area contributed by atoms with Gasteiger partial charge in [0.05, 0.1) is 18.4 Å². The molecule has 0 aliphatic carbocycles. The Kier molecular flexibility index (Phi) is 6.39. The number of aromatic nitrogens is 3. The molecule has 6 nitrogen and oxygen atoms in total. The summed E-state index contributed by atoms with van der Waals surface area (Å²) < 4.78 is 1.88. The second-order valence-corrected chi connectivity index (χ2v) is 7.93. The summed E-state index contributed by atoms with van der Waals surface area (Å²) in [5.41, 5.74) is 3.25. The maximum Gasteiger partial charge on any atom is 0.173 e. The van der Waals surface area contributed by atoms with Gasteiger partial charge < -0.3 is 10.2 Å². The highest BCUT2D eigenvalue weighted by atomic mass is 35.5. The Labute approximate surface area is 181 Å². The second-order valence-electron chi connectivity index (χ2n) is 7.11. The number of halogens is 1. The molecule has 0 radical (unpaired) electrons. The van der Waals surface area contributed by atoms with Crippen molar-refractivity contribution < 1.29 is 0 Å². The smallest absolute Gasteiger partial charge is 0.173 e. The van der Waals surface area contributed by atoms with Gasteiger partial charge in [-0.3, -0.25) is 14.6 Å². The highest BCUT2D eigenvalue weighted by Crippen LogP contribution is 2.14. The van der Waals surface area contributed by atoms with Crippen molar-refractivity contribution in [3.05, 3.63) is 77.3 Å². The number of rotatable bonds is 5. The van der Waals surface area contributed by atoms with E-state index in [1.807, 2.05) is 53.6 Å². The Morgan fingerprint density at radius 2 is 1.86 bits per heavy atom. The predicted octanol–water partition coefficient (Wildman–Crippen LogP) is 3.49. The van der Waals surface area contributed by atoms with Crippen molar-refractivity contribution in [2.45, 2.75) is 13.1 Å². The molecule has 3 aromatic rings. The molecule has 0 spiro atoms. The minimum Gasteiger partial charge on any atom is -0.346 e. The molecule has 0 bridgehead atoms. The normalized spacial score (nSPS) is 14.7. The number of anilines is 1. The summed E-state index contributed by atoms with van der Waals surface area (Å²) in [4.78, 5) is 8.83. The van der Waals surface area contributed by atoms with Gasteiger partial charge in [-0.1, -0.05) is 29.8 Å². The number of pyridine rings is 1. The molecule has 1 N–H and O–H groups in total. The zero-order valence-corrected chi connectivity index (χ0v) is 17.6. The van der Waals surface area contributed by atoms with E-state index in [1.54, 1.807) is 6.20 Å². The van der Waals surface area contributed by atoms with E-state index in [1.165, 1.54) is 5.56 Å². The highest BCUT2D eigenvalue weighted by Gasteiger charge is 2.19. The summed E-state index contributed by atoms with van der Waals surface area (Å²) in [5.74, 6) is 0. The van der Waals surface area contributed by atoms with Gasteiger partial charge in [-0.15, -0.1) is 0 Å². The van der Waals surface area contributed by atoms with E-state index in [9.17, 15) is 0 Å². The maximum atomic E-state index is 6.06. The summed E-state index contributed by atoms with van der Waals surface area (Å²) in [6.07, 6.45) is 7.50. The zero-order chi connectivity index (χ0) is 20.1. The summed E-state index contributed by atoms with van der Waals surface area (Å²) in [6.45, 7) is 5.36. The average molecular weight is 427 g/mol. The lowest BCUT2D eigenvalue weighted by Gasteiger charge is -2.36. The average Bonchev–Trinajstić information content (AvgIpc) is 3.16. The maximum absolute atomic E-state index is 6.06. The molecule has 2 aromatic heterocycles. The summed E-state index contributed by atoms with van der Waals surface area (Å²) >= 11 is 11.7. The van der Waals surface area contributed by atoms with E-state index in [2.05, 4.69) is 31.3 Å². The van der Waals surface area contributed by atoms with E-state index < -0.39 is 0 Å². The van der Waals surface area contributed by atoms with Gasteiger partial charge in [-0.2, -0.15) is 5.10 Å². The molecule has 0 atom stereocenters. The molecule has 29 heavy (non-hydrogen) atoms. The number of hydrogen-bond donors (Lipinski definition) is 1. The number of nitrogens with zero attached hydrogens (tertiary/aromatic N) is 5. The van der Waals surface area contributed by atoms with Crippen LogP contribution in [0.25, 0.3) is 0 Å². The van der Waals surface area contributed by atoms with Crippen LogP contribution in [0.2, 0.25) is 5.02 Å². The van der Waals surface area contributed by atoms with Crippen LogP contribution in [-0.2, 0) is 13.1 Å². The van der Waals surface area contributed by atoms with Crippen LogP contribution in [0.1, 0.15) is 11.1 Å². The molecule has 8 heteroatoms. The van der Waals surface area contributed by atoms with E-state index in [0.717, 1.165) is 54.1 Å². The first-order valence-corrected chi connectivity index (χ1v) is 10.4. The fraction of sp³-hybridized carbons (Fsp3) is 0.286. The van der Waals surface area contributed by atoms with Gasteiger partial charge in [0.25, 0.3) is 0 Å². The monoisotopic (exact) mass is 426 g/mol. The van der Waals surface area contributed by atoms with Crippen LogP contribution in [0.15, 0.2) is 61.2 Å². The van der Waals surface area contributed by atoms with E-state index in [0.29, 0.717) is 6.54 Å². The van der Waals surface area contributed by atoms with E-state index >= 15 is 0 Å². The molecule has 4 rings (SSSR count). The molecule has 1 aromatic carbocycles. The molecule has 0 saturated carbocycles. The molecule has 3 heterocycles. The Bertz CT molecular complexity index is 953. The summed E-state index contributed by atoms with van der Waals surface area (Å²) in [6, 6.07) is 11.9. The minimum absolute atomic E-state index is 0.669. The third-order valence-electron chi connectivity index (χ3n) is 4.91. The highest BCUT2D eigenvalue weighted by molar-refractivity contribution is 7.80. The van der Waals surface area contributed by atoms with Crippen molar-refractivity contribution in [3.63, 3.8) is 0 Å². The first-order valence-electron chi connectivity index (χ1n) is 9.60. The van der Waals surface area contributed by atoms with Gasteiger partial charge >= 0.3 is 0 Å². The van der Waals surface area contributed by atoms with Crippen LogP contribution in [0.5, 0.6) is 0 Å². The molecule has 0 unspecified atom stereocenters. The minimum atomic E-state index is 0.669. The Morgan fingerprint density at radius 3 is 2.62 bits per heavy atom. The van der Waals surface area contributed by atoms with Gasteiger partial charge in [0.1, 0.15) is 0 Å². The van der Waals surface area contributed by atoms with Crippen molar-refractivity contribution in [2.75, 3.05) is 31.5 Å². The lowest BCUT2D eigenvalue weighted by Crippen LogP contribution is -2.49. The van der Waals surface area contributed by atoms with Crippen molar-refractivity contribution in [1.29, 1.82) is 0 Å². The number of benzene rings is 1. The van der Waals surface area contributed by atoms with Crippen molar-refractivity contribution in [2.24, 2.45) is 0 Å².